The number of halogens is 1. The fourth-order valence-corrected chi connectivity index (χ4v) is 2.28. The summed E-state index contributed by atoms with van der Waals surface area (Å²) in [5.41, 5.74) is 3.24. The molecule has 0 radical (unpaired) electrons. The highest BCUT2D eigenvalue weighted by Crippen LogP contribution is 2.14. The van der Waals surface area contributed by atoms with E-state index in [1.807, 2.05) is 30.3 Å². The van der Waals surface area contributed by atoms with Crippen LogP contribution in [-0.4, -0.2) is 5.78 Å². The van der Waals surface area contributed by atoms with Gasteiger partial charge in [0.1, 0.15) is 0 Å². The van der Waals surface area contributed by atoms with E-state index in [4.69, 9.17) is 0 Å². The van der Waals surface area contributed by atoms with Gasteiger partial charge in [-0.2, -0.15) is 0 Å². The van der Waals surface area contributed by atoms with Gasteiger partial charge in [-0.25, -0.2) is 0 Å². The molecule has 1 nitrogen and oxygen atoms in total. The highest BCUT2D eigenvalue weighted by molar-refractivity contribution is 9.10. The molecule has 2 aromatic carbocycles. The molecule has 2 heteroatoms. The number of Topliss-reactive ketones (excluding diaryl/α,β-unsaturated/α-hetero) is 1. The van der Waals surface area contributed by atoms with Crippen LogP contribution in [0.4, 0.5) is 0 Å². The van der Waals surface area contributed by atoms with Crippen LogP contribution < -0.4 is 0 Å². The number of ketones is 1. The van der Waals surface area contributed by atoms with Crippen molar-refractivity contribution in [3.63, 3.8) is 0 Å². The molecule has 0 saturated heterocycles. The fourth-order valence-electron chi connectivity index (χ4n) is 2.02. The molecule has 0 aliphatic rings. The topological polar surface area (TPSA) is 17.1 Å². The Kier molecular flexibility index (Phi) is 4.92. The minimum atomic E-state index is 0.221. The van der Waals surface area contributed by atoms with Crippen molar-refractivity contribution in [1.29, 1.82) is 0 Å². The molecule has 0 unspecified atom stereocenters. The van der Waals surface area contributed by atoms with Gasteiger partial charge in [-0.3, -0.25) is 4.79 Å². The second kappa shape index (κ2) is 6.67. The van der Waals surface area contributed by atoms with E-state index in [-0.39, 0.29) is 5.78 Å². The molecule has 98 valence electrons. The Morgan fingerprint density at radius 2 is 1.79 bits per heavy atom. The van der Waals surface area contributed by atoms with Gasteiger partial charge in [0.2, 0.25) is 0 Å². The lowest BCUT2D eigenvalue weighted by molar-refractivity contribution is 0.0982. The standard InChI is InChI=1S/C17H17BrO/c1-2-13-4-3-5-15(12-13)17(19)11-8-14-6-9-16(18)10-7-14/h3-7,9-10,12H,2,8,11H2,1H3. The first-order valence-corrected chi connectivity index (χ1v) is 7.35. The Morgan fingerprint density at radius 3 is 2.47 bits per heavy atom. The maximum Gasteiger partial charge on any atom is 0.163 e. The minimum Gasteiger partial charge on any atom is -0.294 e. The summed E-state index contributed by atoms with van der Waals surface area (Å²) >= 11 is 3.41. The third-order valence-corrected chi connectivity index (χ3v) is 3.74. The van der Waals surface area contributed by atoms with Crippen LogP contribution in [0.1, 0.15) is 34.8 Å². The van der Waals surface area contributed by atoms with Crippen molar-refractivity contribution >= 4 is 21.7 Å². The van der Waals surface area contributed by atoms with E-state index < -0.39 is 0 Å². The highest BCUT2D eigenvalue weighted by atomic mass is 79.9. The van der Waals surface area contributed by atoms with Gasteiger partial charge in [0.05, 0.1) is 0 Å². The summed E-state index contributed by atoms with van der Waals surface area (Å²) in [6.45, 7) is 2.10. The SMILES string of the molecule is CCc1cccc(C(=O)CCc2ccc(Br)cc2)c1. The van der Waals surface area contributed by atoms with E-state index in [1.165, 1.54) is 11.1 Å². The number of carbonyl (C=O) groups is 1. The first-order chi connectivity index (χ1) is 9.19. The minimum absolute atomic E-state index is 0.221. The Labute approximate surface area is 122 Å². The number of benzene rings is 2. The molecule has 0 N–H and O–H groups in total. The first-order valence-electron chi connectivity index (χ1n) is 6.55. The Morgan fingerprint density at radius 1 is 1.05 bits per heavy atom. The molecule has 19 heavy (non-hydrogen) atoms. The summed E-state index contributed by atoms with van der Waals surface area (Å²) in [5.74, 6) is 0.221. The summed E-state index contributed by atoms with van der Waals surface area (Å²) in [4.78, 5) is 12.1. The third-order valence-electron chi connectivity index (χ3n) is 3.21. The van der Waals surface area contributed by atoms with Crippen molar-refractivity contribution in [1.82, 2.24) is 0 Å². The van der Waals surface area contributed by atoms with Gasteiger partial charge < -0.3 is 0 Å². The summed E-state index contributed by atoms with van der Waals surface area (Å²) in [5, 5.41) is 0. The van der Waals surface area contributed by atoms with Crippen LogP contribution in [0.2, 0.25) is 0 Å². The maximum absolute atomic E-state index is 12.1. The number of hydrogen-bond acceptors (Lipinski definition) is 1. The zero-order valence-corrected chi connectivity index (χ0v) is 12.6. The predicted octanol–water partition coefficient (Wildman–Crippen LogP) is 4.83. The van der Waals surface area contributed by atoms with Gasteiger partial charge in [-0.05, 0) is 42.2 Å². The molecule has 0 aliphatic carbocycles. The van der Waals surface area contributed by atoms with Crippen molar-refractivity contribution in [2.75, 3.05) is 0 Å². The summed E-state index contributed by atoms with van der Waals surface area (Å²) in [6, 6.07) is 16.1. The fraction of sp³-hybridized carbons (Fsp3) is 0.235. The van der Waals surface area contributed by atoms with Crippen molar-refractivity contribution in [3.8, 4) is 0 Å². The van der Waals surface area contributed by atoms with E-state index >= 15 is 0 Å². The van der Waals surface area contributed by atoms with Gasteiger partial charge in [0.15, 0.2) is 5.78 Å². The van der Waals surface area contributed by atoms with Crippen molar-refractivity contribution in [2.24, 2.45) is 0 Å². The molecule has 0 amide bonds. The van der Waals surface area contributed by atoms with Crippen LogP contribution in [0.15, 0.2) is 53.0 Å². The Balaban J connectivity index is 1.99. The lowest BCUT2D eigenvalue weighted by atomic mass is 10.0. The van der Waals surface area contributed by atoms with Crippen molar-refractivity contribution < 1.29 is 4.79 Å². The second-order valence-electron chi connectivity index (χ2n) is 4.60. The zero-order chi connectivity index (χ0) is 13.7. The first kappa shape index (κ1) is 14.0. The van der Waals surface area contributed by atoms with Crippen LogP contribution in [0.25, 0.3) is 0 Å². The van der Waals surface area contributed by atoms with Crippen molar-refractivity contribution in [2.45, 2.75) is 26.2 Å². The van der Waals surface area contributed by atoms with E-state index in [0.29, 0.717) is 6.42 Å². The van der Waals surface area contributed by atoms with Crippen molar-refractivity contribution in [3.05, 3.63) is 69.7 Å². The van der Waals surface area contributed by atoms with Gasteiger partial charge in [-0.15, -0.1) is 0 Å². The Bertz CT molecular complexity index is 558. The van der Waals surface area contributed by atoms with Crippen LogP contribution >= 0.6 is 15.9 Å². The molecule has 0 heterocycles. The van der Waals surface area contributed by atoms with E-state index in [1.54, 1.807) is 0 Å². The van der Waals surface area contributed by atoms with Crippen LogP contribution in [-0.2, 0) is 12.8 Å². The molecule has 0 aliphatic heterocycles. The molecule has 0 spiro atoms. The predicted molar refractivity (Wildman–Crippen MR) is 82.6 cm³/mol. The summed E-state index contributed by atoms with van der Waals surface area (Å²) in [7, 11) is 0. The molecule has 0 bridgehead atoms. The number of aryl methyl sites for hydroxylation is 2. The highest BCUT2D eigenvalue weighted by Gasteiger charge is 2.06. The van der Waals surface area contributed by atoms with Crippen LogP contribution in [0.5, 0.6) is 0 Å². The molecule has 0 atom stereocenters. The van der Waals surface area contributed by atoms with Gasteiger partial charge in [0.25, 0.3) is 0 Å². The molecule has 2 aromatic rings. The quantitative estimate of drug-likeness (QED) is 0.722. The van der Waals surface area contributed by atoms with E-state index in [9.17, 15) is 4.79 Å². The van der Waals surface area contributed by atoms with Gasteiger partial charge in [-0.1, -0.05) is 53.2 Å². The van der Waals surface area contributed by atoms with E-state index in [0.717, 1.165) is 22.9 Å². The molecular formula is C17H17BrO. The van der Waals surface area contributed by atoms with Crippen LogP contribution in [0, 0.1) is 0 Å². The number of hydrogen-bond donors (Lipinski definition) is 0. The summed E-state index contributed by atoms with van der Waals surface area (Å²) < 4.78 is 1.07. The number of carbonyl (C=O) groups excluding carboxylic acids is 1. The third kappa shape index (κ3) is 4.03. The zero-order valence-electron chi connectivity index (χ0n) is 11.0. The average Bonchev–Trinajstić information content (AvgIpc) is 2.46. The monoisotopic (exact) mass is 316 g/mol. The van der Waals surface area contributed by atoms with Gasteiger partial charge in [0, 0.05) is 16.5 Å². The smallest absolute Gasteiger partial charge is 0.163 e. The molecule has 0 saturated carbocycles. The summed E-state index contributed by atoms with van der Waals surface area (Å²) in [6.07, 6.45) is 2.32. The molecule has 0 fully saturated rings. The lowest BCUT2D eigenvalue weighted by Crippen LogP contribution is -2.01. The van der Waals surface area contributed by atoms with E-state index in [2.05, 4.69) is 41.1 Å². The van der Waals surface area contributed by atoms with Gasteiger partial charge >= 0.3 is 0 Å². The molecule has 2 rings (SSSR count). The number of rotatable bonds is 5. The Hall–Kier alpha value is -1.41. The average molecular weight is 317 g/mol. The molecular weight excluding hydrogens is 300 g/mol. The normalized spacial score (nSPS) is 10.4. The molecule has 0 aromatic heterocycles. The lowest BCUT2D eigenvalue weighted by Gasteiger charge is -2.04. The van der Waals surface area contributed by atoms with Crippen LogP contribution in [0.3, 0.4) is 0 Å². The second-order valence-corrected chi connectivity index (χ2v) is 5.52. The largest absolute Gasteiger partial charge is 0.294 e. The maximum atomic E-state index is 12.1.